The van der Waals surface area contributed by atoms with Crippen LogP contribution in [-0.4, -0.2) is 48.3 Å². The van der Waals surface area contributed by atoms with Crippen molar-refractivity contribution in [3.8, 4) is 17.2 Å². The number of esters is 1. The number of amides is 2. The van der Waals surface area contributed by atoms with Crippen LogP contribution in [0.5, 0.6) is 17.2 Å². The smallest absolute Gasteiger partial charge is 0.343 e. The van der Waals surface area contributed by atoms with Gasteiger partial charge in [0, 0.05) is 16.6 Å². The molecule has 0 saturated heterocycles. The van der Waals surface area contributed by atoms with E-state index in [9.17, 15) is 19.2 Å². The molecule has 0 aliphatic carbocycles. The lowest BCUT2D eigenvalue weighted by molar-refractivity contribution is -0.118. The summed E-state index contributed by atoms with van der Waals surface area (Å²) in [6, 6.07) is 28.3. The molecule has 2 amide bonds. The Morgan fingerprint density at radius 1 is 0.750 bits per heavy atom. The fraction of sp³-hybridized carbons (Fsp3) is 0.262. The number of rotatable bonds is 17. The lowest BCUT2D eigenvalue weighted by atomic mass is 10.0. The number of carbonyl (C=O) groups is 4. The molecule has 1 unspecified atom stereocenters. The SMILES string of the molecule is CCCCCCCOc1ccc(C(=O)Oc2ccc(CC(NC(=O)c3ccc(NC(=O)c4ccc5ccccc5n4)cc3)C(C)=O)cc2OC)cc1. The average Bonchev–Trinajstić information content (AvgIpc) is 3.16. The molecule has 0 aliphatic rings. The summed E-state index contributed by atoms with van der Waals surface area (Å²) < 4.78 is 16.9. The summed E-state index contributed by atoms with van der Waals surface area (Å²) in [6.07, 6.45) is 5.93. The minimum Gasteiger partial charge on any atom is -0.494 e. The lowest BCUT2D eigenvalue weighted by Gasteiger charge is -2.17. The van der Waals surface area contributed by atoms with Crippen LogP contribution in [0.4, 0.5) is 5.69 Å². The summed E-state index contributed by atoms with van der Waals surface area (Å²) in [5, 5.41) is 6.53. The van der Waals surface area contributed by atoms with E-state index in [0.29, 0.717) is 46.0 Å². The van der Waals surface area contributed by atoms with Gasteiger partial charge in [-0.05, 0) is 98.1 Å². The molecular weight excluding hydrogens is 658 g/mol. The van der Waals surface area contributed by atoms with Crippen LogP contribution in [0.15, 0.2) is 103 Å². The van der Waals surface area contributed by atoms with Crippen molar-refractivity contribution in [3.05, 3.63) is 126 Å². The first-order valence-electron chi connectivity index (χ1n) is 17.4. The average molecular weight is 702 g/mol. The molecule has 5 rings (SSSR count). The Hall–Kier alpha value is -6.03. The molecule has 1 atom stereocenters. The van der Waals surface area contributed by atoms with Gasteiger partial charge in [0.25, 0.3) is 11.8 Å². The summed E-state index contributed by atoms with van der Waals surface area (Å²) in [5.41, 5.74) is 2.84. The van der Waals surface area contributed by atoms with Crippen molar-refractivity contribution in [2.75, 3.05) is 19.0 Å². The highest BCUT2D eigenvalue weighted by molar-refractivity contribution is 6.04. The molecule has 52 heavy (non-hydrogen) atoms. The third-order valence-corrected chi connectivity index (χ3v) is 8.51. The van der Waals surface area contributed by atoms with Gasteiger partial charge >= 0.3 is 5.97 Å². The molecule has 2 N–H and O–H groups in total. The van der Waals surface area contributed by atoms with Gasteiger partial charge in [0.1, 0.15) is 11.4 Å². The molecule has 0 radical (unpaired) electrons. The van der Waals surface area contributed by atoms with Crippen LogP contribution in [0.3, 0.4) is 0 Å². The second-order valence-corrected chi connectivity index (χ2v) is 12.4. The number of nitrogens with zero attached hydrogens (tertiary/aromatic N) is 1. The molecule has 10 nitrogen and oxygen atoms in total. The van der Waals surface area contributed by atoms with Gasteiger partial charge in [-0.15, -0.1) is 0 Å². The Morgan fingerprint density at radius 3 is 2.21 bits per heavy atom. The van der Waals surface area contributed by atoms with E-state index in [4.69, 9.17) is 14.2 Å². The highest BCUT2D eigenvalue weighted by atomic mass is 16.6. The quantitative estimate of drug-likeness (QED) is 0.0566. The van der Waals surface area contributed by atoms with E-state index in [2.05, 4.69) is 22.5 Å². The zero-order valence-corrected chi connectivity index (χ0v) is 29.6. The number of nitrogens with one attached hydrogen (secondary N) is 2. The van der Waals surface area contributed by atoms with Gasteiger partial charge in [-0.3, -0.25) is 14.4 Å². The van der Waals surface area contributed by atoms with Crippen molar-refractivity contribution in [1.29, 1.82) is 0 Å². The maximum Gasteiger partial charge on any atom is 0.343 e. The Labute approximate surface area is 303 Å². The van der Waals surface area contributed by atoms with Crippen molar-refractivity contribution in [2.24, 2.45) is 0 Å². The molecule has 0 bridgehead atoms. The van der Waals surface area contributed by atoms with Gasteiger partial charge in [-0.2, -0.15) is 0 Å². The number of unbranched alkanes of at least 4 members (excludes halogenated alkanes) is 4. The van der Waals surface area contributed by atoms with Gasteiger partial charge in [-0.25, -0.2) is 9.78 Å². The first-order valence-corrected chi connectivity index (χ1v) is 17.4. The molecule has 0 aliphatic heterocycles. The third-order valence-electron chi connectivity index (χ3n) is 8.51. The second-order valence-electron chi connectivity index (χ2n) is 12.4. The molecular formula is C42H43N3O7. The molecule has 4 aromatic carbocycles. The van der Waals surface area contributed by atoms with E-state index in [1.54, 1.807) is 72.8 Å². The van der Waals surface area contributed by atoms with Crippen molar-refractivity contribution >= 4 is 40.2 Å². The van der Waals surface area contributed by atoms with Crippen molar-refractivity contribution in [3.63, 3.8) is 0 Å². The van der Waals surface area contributed by atoms with Crippen LogP contribution >= 0.6 is 0 Å². The number of fused-ring (bicyclic) bond motifs is 1. The zero-order valence-electron chi connectivity index (χ0n) is 29.6. The van der Waals surface area contributed by atoms with Gasteiger partial charge in [-0.1, -0.05) is 62.9 Å². The van der Waals surface area contributed by atoms with E-state index in [0.717, 1.165) is 18.2 Å². The fourth-order valence-electron chi connectivity index (χ4n) is 5.53. The summed E-state index contributed by atoms with van der Waals surface area (Å²) in [6.45, 7) is 4.22. The van der Waals surface area contributed by atoms with Crippen molar-refractivity contribution in [1.82, 2.24) is 10.3 Å². The predicted octanol–water partition coefficient (Wildman–Crippen LogP) is 7.99. The van der Waals surface area contributed by atoms with Crippen LogP contribution < -0.4 is 24.8 Å². The number of ether oxygens (including phenoxy) is 3. The second kappa shape index (κ2) is 18.3. The minimum atomic E-state index is -0.832. The van der Waals surface area contributed by atoms with Crippen LogP contribution in [0.25, 0.3) is 10.9 Å². The highest BCUT2D eigenvalue weighted by Crippen LogP contribution is 2.30. The number of carbonyl (C=O) groups excluding carboxylic acids is 4. The largest absolute Gasteiger partial charge is 0.494 e. The maximum atomic E-state index is 13.1. The van der Waals surface area contributed by atoms with Gasteiger partial charge in [0.2, 0.25) is 0 Å². The Morgan fingerprint density at radius 2 is 1.48 bits per heavy atom. The van der Waals surface area contributed by atoms with Gasteiger partial charge < -0.3 is 24.8 Å². The minimum absolute atomic E-state index is 0.179. The number of hydrogen-bond acceptors (Lipinski definition) is 8. The number of Topliss-reactive ketones (excluding diaryl/α,β-unsaturated/α-hetero) is 1. The topological polar surface area (TPSA) is 133 Å². The third kappa shape index (κ3) is 10.3. The van der Waals surface area contributed by atoms with Crippen molar-refractivity contribution < 1.29 is 33.4 Å². The van der Waals surface area contributed by atoms with E-state index < -0.39 is 17.9 Å². The molecule has 268 valence electrons. The Bertz CT molecular complexity index is 2010. The summed E-state index contributed by atoms with van der Waals surface area (Å²) in [7, 11) is 1.46. The number of ketones is 1. The predicted molar refractivity (Wildman–Crippen MR) is 200 cm³/mol. The molecule has 1 heterocycles. The maximum absolute atomic E-state index is 13.1. The number of methoxy groups -OCH3 is 1. The van der Waals surface area contributed by atoms with E-state index in [1.807, 2.05) is 30.3 Å². The number of pyridine rings is 1. The summed E-state index contributed by atoms with van der Waals surface area (Å²) >= 11 is 0. The first-order chi connectivity index (χ1) is 25.2. The monoisotopic (exact) mass is 701 g/mol. The van der Waals surface area contributed by atoms with E-state index in [-0.39, 0.29) is 29.6 Å². The molecule has 10 heteroatoms. The van der Waals surface area contributed by atoms with Crippen molar-refractivity contribution in [2.45, 2.75) is 58.4 Å². The van der Waals surface area contributed by atoms with Gasteiger partial charge in [0.05, 0.1) is 30.8 Å². The Balaban J connectivity index is 1.15. The van der Waals surface area contributed by atoms with Crippen LogP contribution in [-0.2, 0) is 11.2 Å². The molecule has 0 spiro atoms. The normalized spacial score (nSPS) is 11.4. The Kier molecular flexibility index (Phi) is 13.1. The molecule has 1 aromatic heterocycles. The van der Waals surface area contributed by atoms with Crippen LogP contribution in [0.1, 0.15) is 82.7 Å². The highest BCUT2D eigenvalue weighted by Gasteiger charge is 2.21. The molecule has 0 fully saturated rings. The summed E-state index contributed by atoms with van der Waals surface area (Å²) in [4.78, 5) is 55.8. The van der Waals surface area contributed by atoms with Crippen LogP contribution in [0, 0.1) is 0 Å². The zero-order chi connectivity index (χ0) is 36.9. The van der Waals surface area contributed by atoms with Gasteiger partial charge in [0.15, 0.2) is 17.3 Å². The number of hydrogen-bond donors (Lipinski definition) is 2. The standard InChI is InChI=1S/C42H43N3O7/c1-4-5-6-7-10-25-51-34-21-16-32(17-22-34)42(49)52-38-24-13-29(27-39(38)50-3)26-37(28(2)46)45-40(47)31-14-19-33(20-15-31)43-41(48)36-23-18-30-11-8-9-12-35(30)44-36/h8-9,11-24,27,37H,4-7,10,25-26H2,1-3H3,(H,43,48)(H,45,47). The fourth-order valence-corrected chi connectivity index (χ4v) is 5.53. The lowest BCUT2D eigenvalue weighted by Crippen LogP contribution is -2.41. The van der Waals surface area contributed by atoms with E-state index in [1.165, 1.54) is 33.3 Å². The molecule has 0 saturated carbocycles. The molecule has 5 aromatic rings. The number of para-hydroxylation sites is 1. The number of anilines is 1. The number of benzene rings is 4. The van der Waals surface area contributed by atoms with Crippen LogP contribution in [0.2, 0.25) is 0 Å². The first kappa shape index (κ1) is 37.2. The number of aromatic nitrogens is 1. The summed E-state index contributed by atoms with van der Waals surface area (Å²) in [5.74, 6) is -0.402. The van der Waals surface area contributed by atoms with E-state index >= 15 is 0 Å².